The lowest BCUT2D eigenvalue weighted by Gasteiger charge is -2.19. The highest BCUT2D eigenvalue weighted by Gasteiger charge is 2.18. The van der Waals surface area contributed by atoms with Crippen LogP contribution in [0.2, 0.25) is 0 Å². The van der Waals surface area contributed by atoms with Gasteiger partial charge in [-0.3, -0.25) is 4.68 Å². The summed E-state index contributed by atoms with van der Waals surface area (Å²) in [6, 6.07) is 5.89. The molecular formula is C19H21FN6O2. The maximum absolute atomic E-state index is 13.2. The highest BCUT2D eigenvalue weighted by atomic mass is 19.1. The van der Waals surface area contributed by atoms with Crippen molar-refractivity contribution in [3.8, 4) is 22.8 Å². The third-order valence-corrected chi connectivity index (χ3v) is 3.63. The minimum atomic E-state index is -0.596. The summed E-state index contributed by atoms with van der Waals surface area (Å²) in [5.74, 6) is 0.0813. The molecule has 1 aromatic carbocycles. The Morgan fingerprint density at radius 1 is 1.25 bits per heavy atom. The number of alkyl carbamates (subject to hydrolysis) is 1. The van der Waals surface area contributed by atoms with E-state index < -0.39 is 11.7 Å². The zero-order valence-corrected chi connectivity index (χ0v) is 16.1. The molecule has 9 heteroatoms. The Bertz CT molecular complexity index is 979. The van der Waals surface area contributed by atoms with E-state index in [1.165, 1.54) is 12.1 Å². The van der Waals surface area contributed by atoms with Gasteiger partial charge < -0.3 is 10.1 Å². The minimum Gasteiger partial charge on any atom is -0.444 e. The predicted octanol–water partition coefficient (Wildman–Crippen LogP) is 3.10. The number of aryl methyl sites for hydroxylation is 1. The van der Waals surface area contributed by atoms with Crippen molar-refractivity contribution in [2.24, 2.45) is 7.05 Å². The van der Waals surface area contributed by atoms with Crippen LogP contribution in [0.5, 0.6) is 0 Å². The van der Waals surface area contributed by atoms with E-state index >= 15 is 0 Å². The molecule has 1 amide bonds. The van der Waals surface area contributed by atoms with E-state index in [2.05, 4.69) is 25.6 Å². The average Bonchev–Trinajstić information content (AvgIpc) is 3.05. The van der Waals surface area contributed by atoms with Gasteiger partial charge in [0, 0.05) is 30.9 Å². The average molecular weight is 384 g/mol. The van der Waals surface area contributed by atoms with Crippen LogP contribution in [0.1, 0.15) is 26.3 Å². The van der Waals surface area contributed by atoms with Crippen LogP contribution in [0.15, 0.2) is 36.7 Å². The fraction of sp³-hybridized carbons (Fsp3) is 0.316. The Morgan fingerprint density at radius 3 is 2.57 bits per heavy atom. The second-order valence-electron chi connectivity index (χ2n) is 7.21. The van der Waals surface area contributed by atoms with Gasteiger partial charge in [0.2, 0.25) is 0 Å². The van der Waals surface area contributed by atoms with E-state index in [4.69, 9.17) is 4.74 Å². The number of hydrogen-bond donors (Lipinski definition) is 1. The van der Waals surface area contributed by atoms with E-state index in [9.17, 15) is 9.18 Å². The van der Waals surface area contributed by atoms with E-state index in [-0.39, 0.29) is 12.4 Å². The molecule has 0 radical (unpaired) electrons. The SMILES string of the molecule is Cn1cc(-c2nc(-c3ccc(F)cc3)ncc2CNC(=O)OC(C)(C)C)nn1. The predicted molar refractivity (Wildman–Crippen MR) is 100 cm³/mol. The highest BCUT2D eigenvalue weighted by Crippen LogP contribution is 2.23. The number of benzene rings is 1. The second kappa shape index (κ2) is 7.71. The molecule has 0 spiro atoms. The molecule has 0 bridgehead atoms. The molecule has 2 aromatic heterocycles. The molecule has 28 heavy (non-hydrogen) atoms. The van der Waals surface area contributed by atoms with Crippen molar-refractivity contribution < 1.29 is 13.9 Å². The first-order valence-corrected chi connectivity index (χ1v) is 8.67. The monoisotopic (exact) mass is 384 g/mol. The van der Waals surface area contributed by atoms with Gasteiger partial charge in [-0.15, -0.1) is 5.10 Å². The molecule has 0 atom stereocenters. The Kier molecular flexibility index (Phi) is 5.34. The van der Waals surface area contributed by atoms with Crippen LogP contribution in [-0.4, -0.2) is 36.7 Å². The zero-order chi connectivity index (χ0) is 20.3. The van der Waals surface area contributed by atoms with E-state index in [0.29, 0.717) is 28.3 Å². The first-order chi connectivity index (χ1) is 13.2. The molecule has 0 unspecified atom stereocenters. The maximum atomic E-state index is 13.2. The first-order valence-electron chi connectivity index (χ1n) is 8.67. The molecule has 3 aromatic rings. The summed E-state index contributed by atoms with van der Waals surface area (Å²) in [4.78, 5) is 20.9. The van der Waals surface area contributed by atoms with Crippen molar-refractivity contribution in [2.75, 3.05) is 0 Å². The number of nitrogens with zero attached hydrogens (tertiary/aromatic N) is 5. The van der Waals surface area contributed by atoms with Gasteiger partial charge in [-0.2, -0.15) is 0 Å². The van der Waals surface area contributed by atoms with Gasteiger partial charge in [-0.05, 0) is 45.0 Å². The van der Waals surface area contributed by atoms with Crippen molar-refractivity contribution in [1.82, 2.24) is 30.3 Å². The third kappa shape index (κ3) is 4.87. The second-order valence-corrected chi connectivity index (χ2v) is 7.21. The molecule has 2 heterocycles. The van der Waals surface area contributed by atoms with Crippen LogP contribution in [0.4, 0.5) is 9.18 Å². The minimum absolute atomic E-state index is 0.157. The van der Waals surface area contributed by atoms with E-state index in [1.54, 1.807) is 57.0 Å². The number of halogens is 1. The summed E-state index contributed by atoms with van der Waals surface area (Å²) in [6.07, 6.45) is 2.78. The molecule has 0 aliphatic heterocycles. The van der Waals surface area contributed by atoms with Crippen LogP contribution in [0.3, 0.4) is 0 Å². The summed E-state index contributed by atoms with van der Waals surface area (Å²) in [5, 5.41) is 10.7. The molecular weight excluding hydrogens is 363 g/mol. The van der Waals surface area contributed by atoms with Crippen LogP contribution in [0.25, 0.3) is 22.8 Å². The number of carbonyl (C=O) groups excluding carboxylic acids is 1. The lowest BCUT2D eigenvalue weighted by molar-refractivity contribution is 0.0523. The Labute approximate surface area is 161 Å². The van der Waals surface area contributed by atoms with Gasteiger partial charge in [-0.25, -0.2) is 19.2 Å². The fourth-order valence-corrected chi connectivity index (χ4v) is 2.43. The Balaban J connectivity index is 1.91. The highest BCUT2D eigenvalue weighted by molar-refractivity contribution is 5.69. The molecule has 3 rings (SSSR count). The van der Waals surface area contributed by atoms with Gasteiger partial charge >= 0.3 is 6.09 Å². The summed E-state index contributed by atoms with van der Waals surface area (Å²) in [5.41, 5.74) is 1.78. The standard InChI is InChI=1S/C19H21FN6O2/c1-19(2,3)28-18(27)22-10-13-9-21-17(12-5-7-14(20)8-6-12)23-16(13)15-11-26(4)25-24-15/h5-9,11H,10H2,1-4H3,(H,22,27). The largest absolute Gasteiger partial charge is 0.444 e. The number of nitrogens with one attached hydrogen (secondary N) is 1. The lowest BCUT2D eigenvalue weighted by atomic mass is 10.1. The van der Waals surface area contributed by atoms with E-state index in [0.717, 1.165) is 0 Å². The topological polar surface area (TPSA) is 94.8 Å². The molecule has 0 saturated heterocycles. The maximum Gasteiger partial charge on any atom is 0.407 e. The lowest BCUT2D eigenvalue weighted by Crippen LogP contribution is -2.32. The van der Waals surface area contributed by atoms with E-state index in [1.807, 2.05) is 0 Å². The van der Waals surface area contributed by atoms with Crippen molar-refractivity contribution in [3.05, 3.63) is 48.0 Å². The van der Waals surface area contributed by atoms with Crippen LogP contribution >= 0.6 is 0 Å². The summed E-state index contributed by atoms with van der Waals surface area (Å²) in [7, 11) is 1.75. The van der Waals surface area contributed by atoms with Gasteiger partial charge in [0.15, 0.2) is 5.82 Å². The summed E-state index contributed by atoms with van der Waals surface area (Å²) < 4.78 is 20.0. The number of rotatable bonds is 4. The van der Waals surface area contributed by atoms with Crippen molar-refractivity contribution in [1.29, 1.82) is 0 Å². The van der Waals surface area contributed by atoms with Crippen molar-refractivity contribution in [2.45, 2.75) is 32.9 Å². The molecule has 1 N–H and O–H groups in total. The van der Waals surface area contributed by atoms with Gasteiger partial charge in [0.1, 0.15) is 22.8 Å². The van der Waals surface area contributed by atoms with Crippen molar-refractivity contribution in [3.63, 3.8) is 0 Å². The van der Waals surface area contributed by atoms with Crippen molar-refractivity contribution >= 4 is 6.09 Å². The molecule has 146 valence electrons. The van der Waals surface area contributed by atoms with Crippen LogP contribution in [-0.2, 0) is 18.3 Å². The number of ether oxygens (including phenoxy) is 1. The number of aromatic nitrogens is 5. The zero-order valence-electron chi connectivity index (χ0n) is 16.1. The Hall–Kier alpha value is -3.36. The molecule has 8 nitrogen and oxygen atoms in total. The smallest absolute Gasteiger partial charge is 0.407 e. The fourth-order valence-electron chi connectivity index (χ4n) is 2.43. The Morgan fingerprint density at radius 2 is 1.96 bits per heavy atom. The molecule has 0 aliphatic carbocycles. The normalized spacial score (nSPS) is 11.3. The molecule has 0 aliphatic rings. The summed E-state index contributed by atoms with van der Waals surface area (Å²) in [6.45, 7) is 5.53. The number of amides is 1. The quantitative estimate of drug-likeness (QED) is 0.743. The van der Waals surface area contributed by atoms with Gasteiger partial charge in [-0.1, -0.05) is 5.21 Å². The molecule has 0 fully saturated rings. The van der Waals surface area contributed by atoms with Gasteiger partial charge in [0.25, 0.3) is 0 Å². The number of carbonyl (C=O) groups is 1. The van der Waals surface area contributed by atoms with Gasteiger partial charge in [0.05, 0.1) is 6.20 Å². The van der Waals surface area contributed by atoms with Crippen LogP contribution < -0.4 is 5.32 Å². The number of hydrogen-bond acceptors (Lipinski definition) is 6. The first kappa shape index (κ1) is 19.4. The molecule has 0 saturated carbocycles. The third-order valence-electron chi connectivity index (χ3n) is 3.63. The summed E-state index contributed by atoms with van der Waals surface area (Å²) >= 11 is 0. The van der Waals surface area contributed by atoms with Crippen LogP contribution in [0, 0.1) is 5.82 Å².